The number of hydrogen-bond donors (Lipinski definition) is 0. The van der Waals surface area contributed by atoms with Crippen LogP contribution in [0.5, 0.6) is 11.5 Å². The van der Waals surface area contributed by atoms with Crippen molar-refractivity contribution in [3.8, 4) is 50.5 Å². The summed E-state index contributed by atoms with van der Waals surface area (Å²) in [5, 5.41) is 4.45. The number of imide groups is 1. The molecule has 0 spiro atoms. The molecular weight excluding hydrogens is 1200 g/mol. The number of ether oxygens (including phenoxy) is 2. The highest BCUT2D eigenvalue weighted by Gasteiger charge is 2.48. The van der Waals surface area contributed by atoms with E-state index >= 15 is 9.59 Å². The summed E-state index contributed by atoms with van der Waals surface area (Å²) in [6, 6.07) is 9.39. The monoisotopic (exact) mass is 1320 g/mol. The first-order valence-corrected chi connectivity index (χ1v) is 42.3. The summed E-state index contributed by atoms with van der Waals surface area (Å²) in [5.74, 6) is 2.16. The molecule has 0 radical (unpaired) electrons. The molecule has 5 nitrogen and oxygen atoms in total. The predicted molar refractivity (Wildman–Crippen MR) is 397 cm³/mol. The van der Waals surface area contributed by atoms with Crippen molar-refractivity contribution >= 4 is 68.5 Å². The second-order valence-corrected chi connectivity index (χ2v) is 33.0. The third-order valence-corrected chi connectivity index (χ3v) is 26.7. The lowest BCUT2D eigenvalue weighted by Gasteiger charge is -2.38. The summed E-state index contributed by atoms with van der Waals surface area (Å²) in [6.07, 6.45) is 60.7. The van der Waals surface area contributed by atoms with E-state index in [2.05, 4.69) is 76.6 Å². The van der Waals surface area contributed by atoms with Crippen molar-refractivity contribution in [3.63, 3.8) is 0 Å². The molecule has 2 amide bonds. The Labute approximate surface area is 569 Å². The van der Waals surface area contributed by atoms with E-state index in [4.69, 9.17) is 9.47 Å². The molecule has 3 aliphatic rings. The number of amides is 2. The minimum Gasteiger partial charge on any atom is -0.481 e. The summed E-state index contributed by atoms with van der Waals surface area (Å²) in [7, 11) is 0. The van der Waals surface area contributed by atoms with Gasteiger partial charge in [-0.05, 0) is 98.7 Å². The van der Waals surface area contributed by atoms with Crippen LogP contribution in [0.25, 0.3) is 39.0 Å². The number of thiophene rings is 5. The normalized spacial score (nSPS) is 14.8. The first-order valence-electron chi connectivity index (χ1n) is 38.1. The Kier molecular flexibility index (Phi) is 32.4. The van der Waals surface area contributed by atoms with Gasteiger partial charge in [-0.3, -0.25) is 14.5 Å². The highest BCUT2D eigenvalue weighted by atomic mass is 32.1. The Morgan fingerprint density at radius 2 is 0.667 bits per heavy atom. The van der Waals surface area contributed by atoms with Crippen LogP contribution in [0, 0.1) is 5.92 Å². The van der Waals surface area contributed by atoms with Crippen LogP contribution < -0.4 is 9.47 Å². The molecule has 0 fully saturated rings. The molecule has 502 valence electrons. The Bertz CT molecular complexity index is 2600. The van der Waals surface area contributed by atoms with E-state index in [0.29, 0.717) is 17.7 Å². The van der Waals surface area contributed by atoms with Crippen molar-refractivity contribution in [3.05, 3.63) is 57.3 Å². The van der Waals surface area contributed by atoms with Crippen LogP contribution in [0.1, 0.15) is 382 Å². The number of carbonyl (C=O) groups is 2. The van der Waals surface area contributed by atoms with Gasteiger partial charge >= 0.3 is 0 Å². The molecule has 3 aliphatic heterocycles. The first kappa shape index (κ1) is 73.1. The largest absolute Gasteiger partial charge is 0.481 e. The van der Waals surface area contributed by atoms with Gasteiger partial charge in [-0.25, -0.2) is 0 Å². The number of nitrogens with zero attached hydrogens (tertiary/aromatic N) is 1. The van der Waals surface area contributed by atoms with E-state index in [1.54, 1.807) is 38.9 Å². The van der Waals surface area contributed by atoms with Gasteiger partial charge < -0.3 is 9.47 Å². The SMILES string of the molecule is CCCCCCCCCCCCC1(CCCCCCCCCCCC)Oc2ccsc2-c2sc(-c3sc(-c4cc5c(s4)-c4sccc4OC5(CCCCCCCCCCCC)CCCCCCCCCCCC)c4c3C(=O)N(CC(CC)CCCC)C4=O)cc21. The fraction of sp³-hybridized carbons (Fsp3) is 0.725. The Balaban J connectivity index is 1.14. The molecule has 0 aromatic carbocycles. The van der Waals surface area contributed by atoms with Gasteiger partial charge in [-0.15, -0.1) is 56.7 Å². The highest BCUT2D eigenvalue weighted by molar-refractivity contribution is 7.30. The van der Waals surface area contributed by atoms with E-state index < -0.39 is 11.2 Å². The standard InChI is InChI=1S/C80H123NO4S5/c1-7-13-18-22-26-30-34-38-42-46-53-79(54-47-43-39-35-31-27-23-19-14-8-2)63-59-67(88-71(63)73-65(84-79)51-57-86-73)75-69-70(78(83)81(77(69)82)61-62(12-6)50-17-11-5)76(90-75)68-60-64-72(89-68)74-66(52-58-87-74)85-80(64,55-48-44-40-36-32-28-24-20-15-9-3)56-49-45-41-37-33-29-25-21-16-10-4/h51-52,57-60,62H,7-50,53-56,61H2,1-6H3. The molecular formula is C80H123NO4S5. The number of fused-ring (bicyclic) bond motifs is 7. The van der Waals surface area contributed by atoms with Gasteiger partial charge in [0.1, 0.15) is 22.7 Å². The van der Waals surface area contributed by atoms with E-state index in [9.17, 15) is 0 Å². The number of rotatable bonds is 52. The maximum Gasteiger partial charge on any atom is 0.263 e. The zero-order chi connectivity index (χ0) is 63.2. The molecule has 1 atom stereocenters. The van der Waals surface area contributed by atoms with Crippen molar-refractivity contribution in [1.82, 2.24) is 4.90 Å². The van der Waals surface area contributed by atoms with Gasteiger partial charge in [-0.1, -0.05) is 292 Å². The van der Waals surface area contributed by atoms with E-state index in [-0.39, 0.29) is 17.7 Å². The molecule has 8 heterocycles. The Morgan fingerprint density at radius 3 is 0.967 bits per heavy atom. The van der Waals surface area contributed by atoms with Crippen LogP contribution in [0.2, 0.25) is 0 Å². The molecule has 0 aliphatic carbocycles. The second-order valence-electron chi connectivity index (χ2n) is 28.0. The number of carbonyl (C=O) groups excluding carboxylic acids is 2. The topological polar surface area (TPSA) is 55.8 Å². The number of unbranched alkanes of at least 4 members (excludes halogenated alkanes) is 37. The third kappa shape index (κ3) is 20.2. The maximum atomic E-state index is 15.6. The molecule has 10 heteroatoms. The summed E-state index contributed by atoms with van der Waals surface area (Å²) in [5.41, 5.74) is 3.08. The Morgan fingerprint density at radius 1 is 0.367 bits per heavy atom. The average Bonchev–Trinajstić information content (AvgIpc) is 1.56. The molecule has 8 rings (SSSR count). The minimum atomic E-state index is -0.432. The van der Waals surface area contributed by atoms with Crippen molar-refractivity contribution in [1.29, 1.82) is 0 Å². The van der Waals surface area contributed by atoms with Gasteiger partial charge in [0.05, 0.1) is 40.4 Å². The van der Waals surface area contributed by atoms with Gasteiger partial charge in [0, 0.05) is 27.4 Å². The zero-order valence-corrected chi connectivity index (χ0v) is 61.9. The van der Waals surface area contributed by atoms with Crippen LogP contribution in [-0.4, -0.2) is 23.3 Å². The van der Waals surface area contributed by atoms with Gasteiger partial charge in [0.25, 0.3) is 11.8 Å². The number of hydrogen-bond acceptors (Lipinski definition) is 9. The fourth-order valence-electron chi connectivity index (χ4n) is 15.1. The molecule has 0 bridgehead atoms. The maximum absolute atomic E-state index is 15.6. The lowest BCUT2D eigenvalue weighted by atomic mass is 9.81. The summed E-state index contributed by atoms with van der Waals surface area (Å²) >= 11 is 9.05. The third-order valence-electron chi connectivity index (χ3n) is 20.7. The van der Waals surface area contributed by atoms with Crippen LogP contribution in [-0.2, 0) is 11.2 Å². The van der Waals surface area contributed by atoms with Crippen LogP contribution in [0.3, 0.4) is 0 Å². The van der Waals surface area contributed by atoms with Crippen molar-refractivity contribution in [2.75, 3.05) is 6.54 Å². The average molecular weight is 1320 g/mol. The highest BCUT2D eigenvalue weighted by Crippen LogP contribution is 2.61. The minimum absolute atomic E-state index is 0.0923. The summed E-state index contributed by atoms with van der Waals surface area (Å²) in [4.78, 5) is 42.1. The zero-order valence-electron chi connectivity index (χ0n) is 57.8. The van der Waals surface area contributed by atoms with E-state index in [0.717, 1.165) is 108 Å². The van der Waals surface area contributed by atoms with Crippen LogP contribution in [0.4, 0.5) is 0 Å². The molecule has 0 N–H and O–H groups in total. The molecule has 1 unspecified atom stereocenters. The Hall–Kier alpha value is -2.76. The van der Waals surface area contributed by atoms with E-state index in [1.807, 2.05) is 22.7 Å². The molecule has 0 saturated carbocycles. The van der Waals surface area contributed by atoms with Crippen LogP contribution >= 0.6 is 56.7 Å². The van der Waals surface area contributed by atoms with Crippen LogP contribution in [0.15, 0.2) is 35.0 Å². The first-order chi connectivity index (χ1) is 44.3. The molecule has 5 aromatic heterocycles. The quantitative estimate of drug-likeness (QED) is 0.0288. The smallest absolute Gasteiger partial charge is 0.263 e. The van der Waals surface area contributed by atoms with E-state index in [1.165, 1.54) is 262 Å². The predicted octanol–water partition coefficient (Wildman–Crippen LogP) is 28.9. The molecule has 90 heavy (non-hydrogen) atoms. The van der Waals surface area contributed by atoms with Gasteiger partial charge in [0.2, 0.25) is 0 Å². The van der Waals surface area contributed by atoms with Gasteiger partial charge in [0.15, 0.2) is 0 Å². The molecule has 5 aromatic rings. The summed E-state index contributed by atoms with van der Waals surface area (Å²) in [6.45, 7) is 14.2. The second kappa shape index (κ2) is 39.9. The lowest BCUT2D eigenvalue weighted by Crippen LogP contribution is -2.35. The van der Waals surface area contributed by atoms with Crippen molar-refractivity contribution < 1.29 is 19.1 Å². The van der Waals surface area contributed by atoms with Crippen molar-refractivity contribution in [2.24, 2.45) is 5.92 Å². The van der Waals surface area contributed by atoms with Crippen molar-refractivity contribution in [2.45, 2.75) is 361 Å². The molecule has 0 saturated heterocycles. The lowest BCUT2D eigenvalue weighted by molar-refractivity contribution is 0.0395. The summed E-state index contributed by atoms with van der Waals surface area (Å²) < 4.78 is 15.0. The fourth-order valence-corrected chi connectivity index (χ4v) is 21.1. The van der Waals surface area contributed by atoms with Gasteiger partial charge in [-0.2, -0.15) is 0 Å².